The molecule has 6 heteroatoms. The number of rotatable bonds is 3. The first-order valence-electron chi connectivity index (χ1n) is 5.44. The Balaban J connectivity index is 2.16. The lowest BCUT2D eigenvalue weighted by atomic mass is 10.2. The first-order valence-corrected chi connectivity index (χ1v) is 8.46. The molecule has 0 amide bonds. The Labute approximate surface area is 111 Å². The molecule has 1 unspecified atom stereocenters. The molecular weight excluding hydrogens is 278 g/mol. The topological polar surface area (TPSA) is 46.2 Å². The quantitative estimate of drug-likeness (QED) is 0.931. The van der Waals surface area contributed by atoms with Gasteiger partial charge >= 0.3 is 0 Å². The molecule has 0 bridgehead atoms. The third-order valence-corrected chi connectivity index (χ3v) is 5.84. The van der Waals surface area contributed by atoms with Crippen LogP contribution in [0.1, 0.15) is 12.8 Å². The molecule has 3 nitrogen and oxygen atoms in total. The van der Waals surface area contributed by atoms with E-state index in [-0.39, 0.29) is 16.0 Å². The summed E-state index contributed by atoms with van der Waals surface area (Å²) in [7, 11) is -3.49. The highest BCUT2D eigenvalue weighted by atomic mass is 35.5. The van der Waals surface area contributed by atoms with Crippen LogP contribution in [-0.2, 0) is 10.0 Å². The maximum absolute atomic E-state index is 12.1. The predicted molar refractivity (Wildman–Crippen MR) is 72.1 cm³/mol. The summed E-state index contributed by atoms with van der Waals surface area (Å²) in [5.41, 5.74) is 0. The van der Waals surface area contributed by atoms with Gasteiger partial charge in [-0.15, -0.1) is 0 Å². The van der Waals surface area contributed by atoms with Crippen molar-refractivity contribution in [3.05, 3.63) is 29.3 Å². The molecule has 1 N–H and O–H groups in total. The van der Waals surface area contributed by atoms with E-state index in [9.17, 15) is 8.42 Å². The maximum Gasteiger partial charge on any atom is 0.242 e. The number of thioether (sulfide) groups is 1. The van der Waals surface area contributed by atoms with E-state index in [0.717, 1.165) is 24.3 Å². The molecule has 94 valence electrons. The summed E-state index contributed by atoms with van der Waals surface area (Å²) >= 11 is 7.69. The van der Waals surface area contributed by atoms with Gasteiger partial charge < -0.3 is 0 Å². The van der Waals surface area contributed by atoms with Crippen molar-refractivity contribution in [2.45, 2.75) is 23.8 Å². The maximum atomic E-state index is 12.1. The van der Waals surface area contributed by atoms with E-state index in [1.165, 1.54) is 6.07 Å². The van der Waals surface area contributed by atoms with Crippen LogP contribution in [-0.4, -0.2) is 26.0 Å². The van der Waals surface area contributed by atoms with Gasteiger partial charge in [-0.2, -0.15) is 11.8 Å². The largest absolute Gasteiger partial charge is 0.242 e. The van der Waals surface area contributed by atoms with Crippen molar-refractivity contribution in [1.29, 1.82) is 0 Å². The average molecular weight is 292 g/mol. The second-order valence-electron chi connectivity index (χ2n) is 3.97. The monoisotopic (exact) mass is 291 g/mol. The van der Waals surface area contributed by atoms with Crippen molar-refractivity contribution >= 4 is 33.4 Å². The van der Waals surface area contributed by atoms with E-state index in [2.05, 4.69) is 4.72 Å². The fourth-order valence-electron chi connectivity index (χ4n) is 1.78. The lowest BCUT2D eigenvalue weighted by molar-refractivity contribution is 0.543. The molecule has 1 saturated heterocycles. The Morgan fingerprint density at radius 2 is 2.12 bits per heavy atom. The second kappa shape index (κ2) is 5.61. The van der Waals surface area contributed by atoms with Gasteiger partial charge in [0.15, 0.2) is 0 Å². The molecule has 2 rings (SSSR count). The Hall–Kier alpha value is -0.230. The van der Waals surface area contributed by atoms with Gasteiger partial charge in [0, 0.05) is 11.8 Å². The molecule has 1 aromatic carbocycles. The predicted octanol–water partition coefficient (Wildman–Crippen LogP) is 2.51. The van der Waals surface area contributed by atoms with E-state index < -0.39 is 10.0 Å². The summed E-state index contributed by atoms with van der Waals surface area (Å²) in [5.74, 6) is 1.95. The van der Waals surface area contributed by atoms with Crippen LogP contribution in [0.25, 0.3) is 0 Å². The Morgan fingerprint density at radius 1 is 1.35 bits per heavy atom. The van der Waals surface area contributed by atoms with E-state index >= 15 is 0 Å². The van der Waals surface area contributed by atoms with Gasteiger partial charge in [-0.3, -0.25) is 0 Å². The van der Waals surface area contributed by atoms with Crippen LogP contribution in [0.15, 0.2) is 29.2 Å². The lowest BCUT2D eigenvalue weighted by Crippen LogP contribution is -2.38. The summed E-state index contributed by atoms with van der Waals surface area (Å²) in [6.45, 7) is 0. The molecule has 17 heavy (non-hydrogen) atoms. The van der Waals surface area contributed by atoms with Crippen molar-refractivity contribution in [2.24, 2.45) is 0 Å². The number of nitrogens with one attached hydrogen (secondary N) is 1. The number of hydrogen-bond acceptors (Lipinski definition) is 3. The molecule has 1 aliphatic rings. The highest BCUT2D eigenvalue weighted by Crippen LogP contribution is 2.23. The fourth-order valence-corrected chi connectivity index (χ4v) is 4.75. The van der Waals surface area contributed by atoms with Gasteiger partial charge in [0.25, 0.3) is 0 Å². The first kappa shape index (κ1) is 13.2. The van der Waals surface area contributed by atoms with Gasteiger partial charge in [-0.1, -0.05) is 23.7 Å². The van der Waals surface area contributed by atoms with Gasteiger partial charge in [-0.05, 0) is 30.7 Å². The molecule has 1 fully saturated rings. The molecule has 0 saturated carbocycles. The number of sulfonamides is 1. The summed E-state index contributed by atoms with van der Waals surface area (Å²) in [5, 5.41) is 0.267. The van der Waals surface area contributed by atoms with Crippen molar-refractivity contribution < 1.29 is 8.42 Å². The number of halogens is 1. The van der Waals surface area contributed by atoms with Crippen LogP contribution >= 0.6 is 23.4 Å². The Morgan fingerprint density at radius 3 is 2.76 bits per heavy atom. The van der Waals surface area contributed by atoms with Crippen LogP contribution in [0.3, 0.4) is 0 Å². The molecule has 1 aromatic rings. The molecule has 0 aromatic heterocycles. The number of hydrogen-bond donors (Lipinski definition) is 1. The van der Waals surface area contributed by atoms with Crippen LogP contribution < -0.4 is 4.72 Å². The van der Waals surface area contributed by atoms with Crippen molar-refractivity contribution in [3.63, 3.8) is 0 Å². The summed E-state index contributed by atoms with van der Waals surface area (Å²) in [4.78, 5) is 0.164. The smallest absolute Gasteiger partial charge is 0.207 e. The lowest BCUT2D eigenvalue weighted by Gasteiger charge is -2.22. The molecule has 1 atom stereocenters. The first-order chi connectivity index (χ1) is 8.09. The summed E-state index contributed by atoms with van der Waals surface area (Å²) < 4.78 is 27.0. The van der Waals surface area contributed by atoms with Crippen LogP contribution in [0.2, 0.25) is 5.02 Å². The van der Waals surface area contributed by atoms with E-state index in [1.54, 1.807) is 30.0 Å². The van der Waals surface area contributed by atoms with E-state index in [0.29, 0.717) is 0 Å². The molecule has 0 spiro atoms. The number of benzene rings is 1. The van der Waals surface area contributed by atoms with Crippen molar-refractivity contribution in [3.8, 4) is 0 Å². The van der Waals surface area contributed by atoms with Crippen LogP contribution in [0, 0.1) is 0 Å². The minimum atomic E-state index is -3.49. The summed E-state index contributed by atoms with van der Waals surface area (Å²) in [6.07, 6.45) is 1.96. The third kappa shape index (κ3) is 3.37. The highest BCUT2D eigenvalue weighted by molar-refractivity contribution is 7.99. The zero-order valence-electron chi connectivity index (χ0n) is 9.23. The van der Waals surface area contributed by atoms with Crippen molar-refractivity contribution in [1.82, 2.24) is 4.72 Å². The SMILES string of the molecule is O=S(=O)(NC1CCCSC1)c1ccccc1Cl. The van der Waals surface area contributed by atoms with Gasteiger partial charge in [-0.25, -0.2) is 13.1 Å². The molecule has 0 radical (unpaired) electrons. The Kier molecular flexibility index (Phi) is 4.36. The molecule has 0 aliphatic carbocycles. The zero-order chi connectivity index (χ0) is 12.3. The third-order valence-electron chi connectivity index (χ3n) is 2.61. The van der Waals surface area contributed by atoms with Crippen molar-refractivity contribution in [2.75, 3.05) is 11.5 Å². The van der Waals surface area contributed by atoms with Gasteiger partial charge in [0.1, 0.15) is 4.90 Å². The summed E-state index contributed by atoms with van der Waals surface area (Å²) in [6, 6.07) is 6.54. The zero-order valence-corrected chi connectivity index (χ0v) is 11.6. The van der Waals surface area contributed by atoms with Gasteiger partial charge in [0.2, 0.25) is 10.0 Å². The van der Waals surface area contributed by atoms with E-state index in [4.69, 9.17) is 11.6 Å². The molecule has 1 aliphatic heterocycles. The van der Waals surface area contributed by atoms with Crippen LogP contribution in [0.4, 0.5) is 0 Å². The molecular formula is C11H14ClNO2S2. The van der Waals surface area contributed by atoms with E-state index in [1.807, 2.05) is 0 Å². The standard InChI is InChI=1S/C11H14ClNO2S2/c12-10-5-1-2-6-11(10)17(14,15)13-9-4-3-7-16-8-9/h1-2,5-6,9,13H,3-4,7-8H2. The normalized spacial score (nSPS) is 21.4. The highest BCUT2D eigenvalue weighted by Gasteiger charge is 2.23. The Bertz CT molecular complexity index is 484. The minimum absolute atomic E-state index is 0.0232. The molecule has 1 heterocycles. The average Bonchev–Trinajstić information content (AvgIpc) is 2.30. The van der Waals surface area contributed by atoms with Gasteiger partial charge in [0.05, 0.1) is 5.02 Å². The fraction of sp³-hybridized carbons (Fsp3) is 0.455. The minimum Gasteiger partial charge on any atom is -0.207 e. The van der Waals surface area contributed by atoms with Crippen LogP contribution in [0.5, 0.6) is 0 Å². The second-order valence-corrected chi connectivity index (χ2v) is 7.21.